The third-order valence-electron chi connectivity index (χ3n) is 6.43. The van der Waals surface area contributed by atoms with Crippen molar-refractivity contribution in [3.05, 3.63) is 80.6 Å². The molecule has 0 aliphatic rings. The number of Topliss-reactive ketones (excluding diaryl/α,β-unsaturated/α-hetero) is 2. The fourth-order valence-electron chi connectivity index (χ4n) is 4.80. The standard InChI is InChI=1S/C30H38N2O4/c1-17-9-19(3)27(20(4)10-17)29(31-13-25(15-33)23(7)35)30(32-14-26(16-34)24(8)36)28-21(5)11-18(2)12-22(28)6/h9-15,26,29-30,33-34H,16H2,1-8H3/b25-15+,31-13?,32-14?/t26?,29-,30-/m1/s1. The van der Waals surface area contributed by atoms with Gasteiger partial charge in [0.15, 0.2) is 5.78 Å². The highest BCUT2D eigenvalue weighted by molar-refractivity contribution is 6.11. The molecule has 6 nitrogen and oxygen atoms in total. The summed E-state index contributed by atoms with van der Waals surface area (Å²) < 4.78 is 0. The van der Waals surface area contributed by atoms with Crippen molar-refractivity contribution < 1.29 is 19.8 Å². The smallest absolute Gasteiger partial charge is 0.164 e. The van der Waals surface area contributed by atoms with Crippen LogP contribution in [0.1, 0.15) is 70.4 Å². The number of allylic oxidation sites excluding steroid dienone is 1. The van der Waals surface area contributed by atoms with E-state index in [9.17, 15) is 19.8 Å². The van der Waals surface area contributed by atoms with Crippen molar-refractivity contribution in [2.24, 2.45) is 15.9 Å². The summed E-state index contributed by atoms with van der Waals surface area (Å²) in [6, 6.07) is 7.25. The highest BCUT2D eigenvalue weighted by atomic mass is 16.3. The molecule has 0 spiro atoms. The minimum atomic E-state index is -0.728. The van der Waals surface area contributed by atoms with E-state index < -0.39 is 18.0 Å². The van der Waals surface area contributed by atoms with E-state index in [1.54, 1.807) is 0 Å². The highest BCUT2D eigenvalue weighted by Crippen LogP contribution is 2.41. The third kappa shape index (κ3) is 6.85. The molecule has 192 valence electrons. The monoisotopic (exact) mass is 490 g/mol. The maximum Gasteiger partial charge on any atom is 0.164 e. The van der Waals surface area contributed by atoms with E-state index in [4.69, 9.17) is 9.98 Å². The maximum atomic E-state index is 12.1. The highest BCUT2D eigenvalue weighted by Gasteiger charge is 2.29. The van der Waals surface area contributed by atoms with E-state index in [0.717, 1.165) is 50.8 Å². The number of aryl methyl sites for hydroxylation is 6. The Bertz CT molecular complexity index is 1180. The Kier molecular flexibility index (Phi) is 10.1. The van der Waals surface area contributed by atoms with E-state index in [1.807, 2.05) is 41.5 Å². The number of rotatable bonds is 10. The lowest BCUT2D eigenvalue weighted by atomic mass is 9.84. The predicted octanol–water partition coefficient (Wildman–Crippen LogP) is 5.69. The van der Waals surface area contributed by atoms with Crippen LogP contribution >= 0.6 is 0 Å². The Morgan fingerprint density at radius 2 is 1.22 bits per heavy atom. The van der Waals surface area contributed by atoms with Crippen LogP contribution in [-0.2, 0) is 9.59 Å². The van der Waals surface area contributed by atoms with Crippen molar-refractivity contribution in [3.63, 3.8) is 0 Å². The first-order chi connectivity index (χ1) is 16.9. The van der Waals surface area contributed by atoms with Crippen molar-refractivity contribution in [2.75, 3.05) is 6.61 Å². The minimum absolute atomic E-state index is 0.0828. The summed E-state index contributed by atoms with van der Waals surface area (Å²) in [5, 5.41) is 19.4. The molecule has 0 aliphatic heterocycles. The van der Waals surface area contributed by atoms with Crippen molar-refractivity contribution in [1.29, 1.82) is 0 Å². The summed E-state index contributed by atoms with van der Waals surface area (Å²) in [7, 11) is 0. The molecule has 36 heavy (non-hydrogen) atoms. The fourth-order valence-corrected chi connectivity index (χ4v) is 4.80. The number of aliphatic imine (C=N–C) groups is 2. The Morgan fingerprint density at radius 3 is 1.56 bits per heavy atom. The van der Waals surface area contributed by atoms with Crippen LogP contribution in [0, 0.1) is 47.5 Å². The normalized spacial score (nSPS) is 14.9. The predicted molar refractivity (Wildman–Crippen MR) is 146 cm³/mol. The molecule has 0 saturated carbocycles. The number of ketones is 2. The first-order valence-electron chi connectivity index (χ1n) is 12.1. The van der Waals surface area contributed by atoms with Crippen LogP contribution in [0.5, 0.6) is 0 Å². The van der Waals surface area contributed by atoms with Crippen LogP contribution in [0.3, 0.4) is 0 Å². The van der Waals surface area contributed by atoms with E-state index >= 15 is 0 Å². The summed E-state index contributed by atoms with van der Waals surface area (Å²) in [5.41, 5.74) is 8.38. The quantitative estimate of drug-likeness (QED) is 0.254. The first kappa shape index (κ1) is 28.9. The summed E-state index contributed by atoms with van der Waals surface area (Å²) in [5.74, 6) is -1.22. The molecule has 6 heteroatoms. The van der Waals surface area contributed by atoms with Crippen molar-refractivity contribution >= 4 is 24.0 Å². The molecule has 2 aromatic carbocycles. The topological polar surface area (TPSA) is 99.3 Å². The van der Waals surface area contributed by atoms with Crippen LogP contribution in [0.15, 0.2) is 46.1 Å². The average Bonchev–Trinajstić information content (AvgIpc) is 2.75. The Balaban J connectivity index is 2.91. The summed E-state index contributed by atoms with van der Waals surface area (Å²) >= 11 is 0. The number of carbonyl (C=O) groups excluding carboxylic acids is 2. The molecule has 1 unspecified atom stereocenters. The van der Waals surface area contributed by atoms with Gasteiger partial charge in [-0.15, -0.1) is 0 Å². The van der Waals surface area contributed by atoms with Crippen LogP contribution in [0.4, 0.5) is 0 Å². The fraction of sp³-hybridized carbons (Fsp3) is 0.400. The van der Waals surface area contributed by atoms with Gasteiger partial charge in [0, 0.05) is 12.4 Å². The van der Waals surface area contributed by atoms with Crippen LogP contribution in [0.2, 0.25) is 0 Å². The molecule has 0 saturated heterocycles. The van der Waals surface area contributed by atoms with Crippen LogP contribution in [-0.4, -0.2) is 40.8 Å². The van der Waals surface area contributed by atoms with Crippen LogP contribution < -0.4 is 0 Å². The molecular weight excluding hydrogens is 452 g/mol. The Labute approximate surface area is 214 Å². The molecule has 2 N–H and O–H groups in total. The number of aliphatic hydroxyl groups is 2. The van der Waals surface area contributed by atoms with Crippen molar-refractivity contribution in [1.82, 2.24) is 0 Å². The zero-order valence-electron chi connectivity index (χ0n) is 22.6. The molecule has 0 radical (unpaired) electrons. The number of hydrogen-bond acceptors (Lipinski definition) is 6. The lowest BCUT2D eigenvalue weighted by Crippen LogP contribution is -2.19. The minimum Gasteiger partial charge on any atom is -0.515 e. The molecule has 2 aromatic rings. The van der Waals surface area contributed by atoms with E-state index in [-0.39, 0.29) is 23.7 Å². The Morgan fingerprint density at radius 1 is 0.806 bits per heavy atom. The van der Waals surface area contributed by atoms with Gasteiger partial charge >= 0.3 is 0 Å². The number of carbonyl (C=O) groups is 2. The second kappa shape index (κ2) is 12.5. The maximum absolute atomic E-state index is 12.1. The molecule has 0 aromatic heterocycles. The second-order valence-electron chi connectivity index (χ2n) is 9.63. The number of aliphatic hydroxyl groups excluding tert-OH is 2. The molecule has 0 amide bonds. The molecule has 3 atom stereocenters. The van der Waals surface area contributed by atoms with Gasteiger partial charge in [0.05, 0.1) is 24.4 Å². The van der Waals surface area contributed by atoms with Gasteiger partial charge in [-0.2, -0.15) is 0 Å². The second-order valence-corrected chi connectivity index (χ2v) is 9.63. The largest absolute Gasteiger partial charge is 0.515 e. The van der Waals surface area contributed by atoms with Crippen LogP contribution in [0.25, 0.3) is 0 Å². The third-order valence-corrected chi connectivity index (χ3v) is 6.43. The summed E-state index contributed by atoms with van der Waals surface area (Å²) in [6.45, 7) is 14.6. The summed E-state index contributed by atoms with van der Waals surface area (Å²) in [6.07, 6.45) is 3.67. The molecule has 2 rings (SSSR count). The lowest BCUT2D eigenvalue weighted by Gasteiger charge is -2.28. The lowest BCUT2D eigenvalue weighted by molar-refractivity contribution is -0.119. The summed E-state index contributed by atoms with van der Waals surface area (Å²) in [4.78, 5) is 33.8. The van der Waals surface area contributed by atoms with Gasteiger partial charge in [-0.1, -0.05) is 35.4 Å². The van der Waals surface area contributed by atoms with Gasteiger partial charge < -0.3 is 10.2 Å². The zero-order valence-corrected chi connectivity index (χ0v) is 22.6. The van der Waals surface area contributed by atoms with Gasteiger partial charge in [0.2, 0.25) is 0 Å². The molecule has 0 fully saturated rings. The Hall–Kier alpha value is -3.38. The van der Waals surface area contributed by atoms with E-state index in [0.29, 0.717) is 0 Å². The number of benzene rings is 2. The van der Waals surface area contributed by atoms with Crippen molar-refractivity contribution in [2.45, 2.75) is 67.5 Å². The van der Waals surface area contributed by atoms with Gasteiger partial charge in [-0.05, 0) is 88.8 Å². The molecular formula is C30H38N2O4. The van der Waals surface area contributed by atoms with Crippen molar-refractivity contribution in [3.8, 4) is 0 Å². The molecule has 0 bridgehead atoms. The van der Waals surface area contributed by atoms with Gasteiger partial charge in [0.1, 0.15) is 17.9 Å². The van der Waals surface area contributed by atoms with Gasteiger partial charge in [-0.3, -0.25) is 19.6 Å². The SMILES string of the molecule is CC(=O)/C(C=N[C@H](c1c(C)cc(C)cc1C)[C@H](N=CC(CO)C(C)=O)c1c(C)cc(C)cc1C)=C/O. The van der Waals surface area contributed by atoms with E-state index in [1.165, 1.54) is 26.3 Å². The van der Waals surface area contributed by atoms with Gasteiger partial charge in [-0.25, -0.2) is 0 Å². The van der Waals surface area contributed by atoms with E-state index in [2.05, 4.69) is 24.3 Å². The average molecular weight is 491 g/mol. The number of hydrogen-bond donors (Lipinski definition) is 2. The van der Waals surface area contributed by atoms with Gasteiger partial charge in [0.25, 0.3) is 0 Å². The number of nitrogens with zero attached hydrogens (tertiary/aromatic N) is 2. The zero-order chi connectivity index (χ0) is 27.2. The first-order valence-corrected chi connectivity index (χ1v) is 12.1. The molecule has 0 aliphatic carbocycles. The molecule has 0 heterocycles.